The predicted molar refractivity (Wildman–Crippen MR) is 132 cm³/mol. The number of carbonyl (C=O) groups excluding carboxylic acids is 1. The highest BCUT2D eigenvalue weighted by molar-refractivity contribution is 7.90. The number of esters is 1. The summed E-state index contributed by atoms with van der Waals surface area (Å²) in [6, 6.07) is 17.8. The summed E-state index contributed by atoms with van der Waals surface area (Å²) in [5.41, 5.74) is 2.91. The lowest BCUT2D eigenvalue weighted by Gasteiger charge is -2.17. The zero-order chi connectivity index (χ0) is 24.0. The molecule has 33 heavy (non-hydrogen) atoms. The first kappa shape index (κ1) is 24.8. The quantitative estimate of drug-likeness (QED) is 0.255. The van der Waals surface area contributed by atoms with Gasteiger partial charge in [-0.1, -0.05) is 88.6 Å². The van der Waals surface area contributed by atoms with E-state index in [-0.39, 0.29) is 10.8 Å². The molecule has 3 rings (SSSR count). The number of aromatic nitrogens is 1. The van der Waals surface area contributed by atoms with Crippen molar-refractivity contribution in [2.45, 2.75) is 63.7 Å². The Morgan fingerprint density at radius 1 is 0.939 bits per heavy atom. The summed E-state index contributed by atoms with van der Waals surface area (Å²) in [7, 11) is -2.62. The minimum Gasteiger partial charge on any atom is -0.465 e. The van der Waals surface area contributed by atoms with Gasteiger partial charge in [-0.25, -0.2) is 17.2 Å². The van der Waals surface area contributed by atoms with Gasteiger partial charge in [0.05, 0.1) is 29.0 Å². The fourth-order valence-corrected chi connectivity index (χ4v) is 6.01. The van der Waals surface area contributed by atoms with Gasteiger partial charge in [0.2, 0.25) is 0 Å². The van der Waals surface area contributed by atoms with E-state index >= 15 is 0 Å². The molecule has 0 radical (unpaired) electrons. The molecule has 1 heterocycles. The standard InChI is InChI=1S/C27H33NO4S/c1-5-6-7-14-19-23-24(27(29)32-4)25(20(2)3)28(26(23)21-15-10-8-11-16-21)33(30,31)22-17-12-9-13-18-22/h8-13,15-18,20H,5-7,14,19H2,1-4H3. The minimum absolute atomic E-state index is 0.188. The van der Waals surface area contributed by atoms with Crippen LogP contribution in [0.5, 0.6) is 0 Å². The van der Waals surface area contributed by atoms with E-state index in [9.17, 15) is 13.2 Å². The Labute approximate surface area is 197 Å². The average Bonchev–Trinajstić information content (AvgIpc) is 3.18. The molecule has 0 saturated heterocycles. The lowest BCUT2D eigenvalue weighted by Crippen LogP contribution is -2.19. The molecule has 0 spiro atoms. The fourth-order valence-electron chi connectivity index (χ4n) is 4.28. The normalized spacial score (nSPS) is 11.7. The Kier molecular flexibility index (Phi) is 8.14. The highest BCUT2D eigenvalue weighted by Gasteiger charge is 2.35. The van der Waals surface area contributed by atoms with Crippen molar-refractivity contribution in [2.75, 3.05) is 7.11 Å². The van der Waals surface area contributed by atoms with Gasteiger partial charge in [-0.3, -0.25) is 0 Å². The Balaban J connectivity index is 2.41. The molecule has 0 fully saturated rings. The molecule has 6 heteroatoms. The molecule has 0 unspecified atom stereocenters. The minimum atomic E-state index is -3.96. The first-order chi connectivity index (χ1) is 15.8. The molecule has 2 aromatic carbocycles. The van der Waals surface area contributed by atoms with Crippen LogP contribution in [0.2, 0.25) is 0 Å². The summed E-state index contributed by atoms with van der Waals surface area (Å²) >= 11 is 0. The molecular weight excluding hydrogens is 434 g/mol. The van der Waals surface area contributed by atoms with Gasteiger partial charge in [-0.2, -0.15) is 0 Å². The van der Waals surface area contributed by atoms with Crippen LogP contribution >= 0.6 is 0 Å². The van der Waals surface area contributed by atoms with E-state index < -0.39 is 16.0 Å². The van der Waals surface area contributed by atoms with E-state index in [0.29, 0.717) is 23.4 Å². The Morgan fingerprint density at radius 3 is 2.09 bits per heavy atom. The second kappa shape index (κ2) is 10.8. The molecule has 0 aliphatic carbocycles. The van der Waals surface area contributed by atoms with Crippen LogP contribution in [0.15, 0.2) is 65.6 Å². The number of benzene rings is 2. The van der Waals surface area contributed by atoms with E-state index in [1.807, 2.05) is 44.2 Å². The zero-order valence-electron chi connectivity index (χ0n) is 19.9. The maximum Gasteiger partial charge on any atom is 0.340 e. The van der Waals surface area contributed by atoms with E-state index in [1.165, 1.54) is 11.1 Å². The Hall–Kier alpha value is -2.86. The summed E-state index contributed by atoms with van der Waals surface area (Å²) in [6.07, 6.45) is 4.67. The molecule has 1 aromatic heterocycles. The number of hydrogen-bond donors (Lipinski definition) is 0. The largest absolute Gasteiger partial charge is 0.465 e. The van der Waals surface area contributed by atoms with Gasteiger partial charge in [-0.15, -0.1) is 0 Å². The van der Waals surface area contributed by atoms with Crippen LogP contribution in [0.25, 0.3) is 11.3 Å². The van der Waals surface area contributed by atoms with Gasteiger partial charge in [0.25, 0.3) is 10.0 Å². The van der Waals surface area contributed by atoms with Crippen LogP contribution in [-0.2, 0) is 21.2 Å². The van der Waals surface area contributed by atoms with Crippen LogP contribution in [0.3, 0.4) is 0 Å². The van der Waals surface area contributed by atoms with Gasteiger partial charge >= 0.3 is 5.97 Å². The topological polar surface area (TPSA) is 65.4 Å². The van der Waals surface area contributed by atoms with Crippen molar-refractivity contribution in [1.29, 1.82) is 0 Å². The summed E-state index contributed by atoms with van der Waals surface area (Å²) in [5.74, 6) is -0.715. The molecule has 0 atom stereocenters. The van der Waals surface area contributed by atoms with E-state index in [0.717, 1.165) is 36.8 Å². The van der Waals surface area contributed by atoms with Gasteiger partial charge in [0.1, 0.15) is 0 Å². The lowest BCUT2D eigenvalue weighted by atomic mass is 9.96. The number of carbonyl (C=O) groups is 1. The number of methoxy groups -OCH3 is 1. The maximum absolute atomic E-state index is 14.0. The molecule has 176 valence electrons. The molecule has 3 aromatic rings. The SMILES string of the molecule is CCCCCCc1c(C(=O)OC)c(C(C)C)n(S(=O)(=O)c2ccccc2)c1-c1ccccc1. The summed E-state index contributed by atoms with van der Waals surface area (Å²) in [5, 5.41) is 0. The Bertz CT molecular complexity index is 1180. The smallest absolute Gasteiger partial charge is 0.340 e. The van der Waals surface area contributed by atoms with Crippen molar-refractivity contribution in [2.24, 2.45) is 0 Å². The third-order valence-corrected chi connectivity index (χ3v) is 7.54. The van der Waals surface area contributed by atoms with Gasteiger partial charge in [0.15, 0.2) is 0 Å². The van der Waals surface area contributed by atoms with Crippen LogP contribution in [0.1, 0.15) is 74.0 Å². The molecule has 0 saturated carbocycles. The molecule has 0 aliphatic heterocycles. The first-order valence-corrected chi connectivity index (χ1v) is 13.0. The van der Waals surface area contributed by atoms with Crippen molar-refractivity contribution in [3.63, 3.8) is 0 Å². The number of hydrogen-bond acceptors (Lipinski definition) is 4. The number of rotatable bonds is 10. The van der Waals surface area contributed by atoms with E-state index in [4.69, 9.17) is 4.74 Å². The third-order valence-electron chi connectivity index (χ3n) is 5.81. The van der Waals surface area contributed by atoms with Crippen LogP contribution in [0.4, 0.5) is 0 Å². The van der Waals surface area contributed by atoms with Crippen LogP contribution < -0.4 is 0 Å². The molecule has 0 bridgehead atoms. The molecule has 0 N–H and O–H groups in total. The average molecular weight is 468 g/mol. The van der Waals surface area contributed by atoms with Crippen molar-refractivity contribution in [3.05, 3.63) is 77.5 Å². The summed E-state index contributed by atoms with van der Waals surface area (Å²) in [6.45, 7) is 5.97. The van der Waals surface area contributed by atoms with Gasteiger partial charge in [0, 0.05) is 0 Å². The highest BCUT2D eigenvalue weighted by Crippen LogP contribution is 2.39. The predicted octanol–water partition coefficient (Wildman–Crippen LogP) is 6.42. The fraction of sp³-hybridized carbons (Fsp3) is 0.370. The first-order valence-electron chi connectivity index (χ1n) is 11.6. The van der Waals surface area contributed by atoms with E-state index in [2.05, 4.69) is 6.92 Å². The molecule has 0 amide bonds. The van der Waals surface area contributed by atoms with Crippen molar-refractivity contribution in [3.8, 4) is 11.3 Å². The second-order valence-corrected chi connectivity index (χ2v) is 10.3. The highest BCUT2D eigenvalue weighted by atomic mass is 32.2. The zero-order valence-corrected chi connectivity index (χ0v) is 20.7. The lowest BCUT2D eigenvalue weighted by molar-refractivity contribution is 0.0598. The van der Waals surface area contributed by atoms with Crippen molar-refractivity contribution < 1.29 is 17.9 Å². The van der Waals surface area contributed by atoms with E-state index in [1.54, 1.807) is 30.3 Å². The van der Waals surface area contributed by atoms with Gasteiger partial charge in [-0.05, 0) is 42.0 Å². The summed E-state index contributed by atoms with van der Waals surface area (Å²) < 4.78 is 34.6. The van der Waals surface area contributed by atoms with Crippen molar-refractivity contribution >= 4 is 16.0 Å². The third kappa shape index (κ3) is 5.06. The number of ether oxygens (including phenoxy) is 1. The molecule has 5 nitrogen and oxygen atoms in total. The number of nitrogens with zero attached hydrogens (tertiary/aromatic N) is 1. The van der Waals surface area contributed by atoms with Gasteiger partial charge < -0.3 is 4.74 Å². The molecular formula is C27H33NO4S. The number of unbranched alkanes of at least 4 members (excludes halogenated alkanes) is 3. The van der Waals surface area contributed by atoms with Crippen LogP contribution in [0, 0.1) is 0 Å². The van der Waals surface area contributed by atoms with Crippen LogP contribution in [-0.4, -0.2) is 25.5 Å². The second-order valence-electron chi connectivity index (χ2n) is 8.49. The summed E-state index contributed by atoms with van der Waals surface area (Å²) in [4.78, 5) is 13.3. The molecule has 0 aliphatic rings. The monoisotopic (exact) mass is 467 g/mol. The Morgan fingerprint density at radius 2 is 1.55 bits per heavy atom. The van der Waals surface area contributed by atoms with Crippen molar-refractivity contribution in [1.82, 2.24) is 3.97 Å². The maximum atomic E-state index is 14.0.